The molecule has 4 aromatic rings. The van der Waals surface area contributed by atoms with Crippen LogP contribution >= 0.6 is 11.8 Å². The highest BCUT2D eigenvalue weighted by Gasteiger charge is 2.16. The molecule has 2 aromatic heterocycles. The number of nitrogens with one attached hydrogen (secondary N) is 2. The Hall–Kier alpha value is -3.63. The van der Waals surface area contributed by atoms with Crippen molar-refractivity contribution in [3.63, 3.8) is 0 Å². The number of benzene rings is 2. The van der Waals surface area contributed by atoms with Crippen molar-refractivity contribution in [2.45, 2.75) is 29.5 Å². The quantitative estimate of drug-likeness (QED) is 0.330. The van der Waals surface area contributed by atoms with Gasteiger partial charge in [0.1, 0.15) is 10.8 Å². The van der Waals surface area contributed by atoms with Crippen molar-refractivity contribution in [2.24, 2.45) is 0 Å². The molecule has 0 atom stereocenters. The first-order chi connectivity index (χ1) is 16.3. The van der Waals surface area contributed by atoms with E-state index >= 15 is 0 Å². The zero-order valence-electron chi connectivity index (χ0n) is 18.5. The number of hydrogen-bond acceptors (Lipinski definition) is 7. The lowest BCUT2D eigenvalue weighted by molar-refractivity contribution is 0.102. The summed E-state index contributed by atoms with van der Waals surface area (Å²) in [6.07, 6.45) is 1.63. The second kappa shape index (κ2) is 10.1. The molecule has 4 rings (SSSR count). The first-order valence-corrected chi connectivity index (χ1v) is 12.8. The van der Waals surface area contributed by atoms with E-state index in [0.29, 0.717) is 27.7 Å². The van der Waals surface area contributed by atoms with E-state index in [2.05, 4.69) is 20.2 Å². The molecule has 10 heteroatoms. The lowest BCUT2D eigenvalue weighted by atomic mass is 10.2. The normalized spacial score (nSPS) is 11.2. The number of nitrogens with zero attached hydrogens (tertiary/aromatic N) is 2. The number of sulfonamides is 1. The van der Waals surface area contributed by atoms with Gasteiger partial charge < -0.3 is 9.84 Å². The molecule has 0 radical (unpaired) electrons. The molecule has 0 bridgehead atoms. The van der Waals surface area contributed by atoms with Crippen molar-refractivity contribution in [1.29, 1.82) is 0 Å². The lowest BCUT2D eigenvalue weighted by Gasteiger charge is -2.11. The average molecular weight is 495 g/mol. The van der Waals surface area contributed by atoms with Gasteiger partial charge in [0.15, 0.2) is 0 Å². The van der Waals surface area contributed by atoms with Crippen LogP contribution in [0, 0.1) is 13.8 Å². The maximum absolute atomic E-state index is 12.9. The van der Waals surface area contributed by atoms with Crippen LogP contribution in [0.2, 0.25) is 0 Å². The van der Waals surface area contributed by atoms with Crippen molar-refractivity contribution in [3.8, 4) is 0 Å². The molecular weight excluding hydrogens is 472 g/mol. The number of hydrogen-bond donors (Lipinski definition) is 2. The minimum absolute atomic E-state index is 0.179. The summed E-state index contributed by atoms with van der Waals surface area (Å²) in [5, 5.41) is 7.35. The van der Waals surface area contributed by atoms with E-state index in [1.54, 1.807) is 66.9 Å². The molecule has 2 N–H and O–H groups in total. The zero-order valence-corrected chi connectivity index (χ0v) is 20.1. The third kappa shape index (κ3) is 5.83. The highest BCUT2D eigenvalue weighted by Crippen LogP contribution is 2.25. The van der Waals surface area contributed by atoms with Crippen LogP contribution in [0.4, 0.5) is 11.4 Å². The number of aromatic nitrogens is 2. The van der Waals surface area contributed by atoms with E-state index in [9.17, 15) is 13.2 Å². The van der Waals surface area contributed by atoms with Gasteiger partial charge in [-0.2, -0.15) is 0 Å². The third-order valence-electron chi connectivity index (χ3n) is 4.78. The first kappa shape index (κ1) is 23.5. The standard InChI is InChI=1S/C24H22N4O4S2/c1-16-5-11-21(12-6-16)34(30,31)28-19-9-7-18(8-10-19)26-23(29)22-4-3-13-25-24(22)33-15-20-14-17(2)32-27-20/h3-14,28H,15H2,1-2H3,(H,26,29). The number of aryl methyl sites for hydroxylation is 2. The summed E-state index contributed by atoms with van der Waals surface area (Å²) in [5.41, 5.74) is 3.08. The molecule has 2 heterocycles. The molecule has 0 saturated heterocycles. The molecule has 0 fully saturated rings. The molecule has 34 heavy (non-hydrogen) atoms. The van der Waals surface area contributed by atoms with Crippen LogP contribution in [0.1, 0.15) is 27.4 Å². The van der Waals surface area contributed by atoms with Gasteiger partial charge in [0, 0.05) is 29.4 Å². The average Bonchev–Trinajstić information content (AvgIpc) is 3.24. The third-order valence-corrected chi connectivity index (χ3v) is 7.21. The second-order valence-electron chi connectivity index (χ2n) is 7.52. The van der Waals surface area contributed by atoms with Gasteiger partial charge >= 0.3 is 0 Å². The van der Waals surface area contributed by atoms with Crippen LogP contribution in [0.3, 0.4) is 0 Å². The Kier molecular flexibility index (Phi) is 6.99. The number of carbonyl (C=O) groups is 1. The summed E-state index contributed by atoms with van der Waals surface area (Å²) in [7, 11) is -3.70. The van der Waals surface area contributed by atoms with Crippen molar-refractivity contribution in [2.75, 3.05) is 10.0 Å². The van der Waals surface area contributed by atoms with Gasteiger partial charge in [-0.15, -0.1) is 0 Å². The Morgan fingerprint density at radius 2 is 1.71 bits per heavy atom. The van der Waals surface area contributed by atoms with Crippen LogP contribution < -0.4 is 10.0 Å². The predicted octanol–water partition coefficient (Wildman–Crippen LogP) is 5.03. The minimum Gasteiger partial charge on any atom is -0.361 e. The van der Waals surface area contributed by atoms with Gasteiger partial charge in [-0.1, -0.05) is 34.6 Å². The molecule has 174 valence electrons. The number of thioether (sulfide) groups is 1. The van der Waals surface area contributed by atoms with Crippen molar-refractivity contribution in [1.82, 2.24) is 10.1 Å². The highest BCUT2D eigenvalue weighted by molar-refractivity contribution is 7.98. The van der Waals surface area contributed by atoms with E-state index in [0.717, 1.165) is 17.0 Å². The number of amides is 1. The largest absolute Gasteiger partial charge is 0.361 e. The summed E-state index contributed by atoms with van der Waals surface area (Å²) >= 11 is 1.39. The molecular formula is C24H22N4O4S2. The van der Waals surface area contributed by atoms with Gasteiger partial charge in [0.25, 0.3) is 15.9 Å². The van der Waals surface area contributed by atoms with Crippen molar-refractivity contribution >= 4 is 39.1 Å². The Morgan fingerprint density at radius 3 is 2.38 bits per heavy atom. The summed E-state index contributed by atoms with van der Waals surface area (Å²) in [6, 6.07) is 18.3. The molecule has 8 nitrogen and oxygen atoms in total. The van der Waals surface area contributed by atoms with Crippen LogP contribution in [-0.4, -0.2) is 24.5 Å². The van der Waals surface area contributed by atoms with Crippen LogP contribution in [0.25, 0.3) is 0 Å². The molecule has 0 spiro atoms. The van der Waals surface area contributed by atoms with Gasteiger partial charge in [-0.05, 0) is 62.4 Å². The molecule has 0 aliphatic carbocycles. The molecule has 2 aromatic carbocycles. The molecule has 1 amide bonds. The van der Waals surface area contributed by atoms with Crippen molar-refractivity contribution in [3.05, 3.63) is 95.5 Å². The first-order valence-electron chi connectivity index (χ1n) is 10.3. The van der Waals surface area contributed by atoms with E-state index in [4.69, 9.17) is 4.52 Å². The van der Waals surface area contributed by atoms with Gasteiger partial charge in [0.05, 0.1) is 16.2 Å². The number of pyridine rings is 1. The monoisotopic (exact) mass is 494 g/mol. The number of carbonyl (C=O) groups excluding carboxylic acids is 1. The van der Waals surface area contributed by atoms with Crippen LogP contribution in [0.15, 0.2) is 87.4 Å². The van der Waals surface area contributed by atoms with Crippen LogP contribution in [-0.2, 0) is 15.8 Å². The van der Waals surface area contributed by atoms with Gasteiger partial charge in [-0.3, -0.25) is 9.52 Å². The lowest BCUT2D eigenvalue weighted by Crippen LogP contribution is -2.14. The topological polar surface area (TPSA) is 114 Å². The molecule has 0 aliphatic heterocycles. The maximum atomic E-state index is 12.9. The summed E-state index contributed by atoms with van der Waals surface area (Å²) in [6.45, 7) is 3.71. The van der Waals surface area contributed by atoms with Crippen molar-refractivity contribution < 1.29 is 17.7 Å². The van der Waals surface area contributed by atoms with E-state index < -0.39 is 10.0 Å². The fourth-order valence-corrected chi connectivity index (χ4v) is 4.99. The smallest absolute Gasteiger partial charge is 0.261 e. The van der Waals surface area contributed by atoms with E-state index in [1.165, 1.54) is 11.8 Å². The summed E-state index contributed by atoms with van der Waals surface area (Å²) in [4.78, 5) is 17.4. The Bertz CT molecular complexity index is 1400. The van der Waals surface area contributed by atoms with Gasteiger partial charge in [0.2, 0.25) is 0 Å². The van der Waals surface area contributed by atoms with E-state index in [1.807, 2.05) is 19.9 Å². The number of anilines is 2. The summed E-state index contributed by atoms with van der Waals surface area (Å²) < 4.78 is 32.7. The highest BCUT2D eigenvalue weighted by atomic mass is 32.2. The predicted molar refractivity (Wildman–Crippen MR) is 131 cm³/mol. The summed E-state index contributed by atoms with van der Waals surface area (Å²) in [5.74, 6) is 0.920. The van der Waals surface area contributed by atoms with E-state index in [-0.39, 0.29) is 10.8 Å². The minimum atomic E-state index is -3.70. The molecule has 0 saturated carbocycles. The Labute approximate surface area is 201 Å². The Morgan fingerprint density at radius 1 is 1.00 bits per heavy atom. The molecule has 0 aliphatic rings. The number of rotatable bonds is 8. The fraction of sp³-hybridized carbons (Fsp3) is 0.125. The zero-order chi connectivity index (χ0) is 24.1. The van der Waals surface area contributed by atoms with Crippen LogP contribution in [0.5, 0.6) is 0 Å². The maximum Gasteiger partial charge on any atom is 0.261 e. The fourth-order valence-electron chi connectivity index (χ4n) is 3.06. The Balaban J connectivity index is 1.41. The second-order valence-corrected chi connectivity index (χ2v) is 10.2. The van der Waals surface area contributed by atoms with Gasteiger partial charge in [-0.25, -0.2) is 13.4 Å². The molecule has 0 unspecified atom stereocenters. The SMILES string of the molecule is Cc1ccc(S(=O)(=O)Nc2ccc(NC(=O)c3cccnc3SCc3cc(C)on3)cc2)cc1.